The Labute approximate surface area is 168 Å². The van der Waals surface area contributed by atoms with E-state index in [0.29, 0.717) is 0 Å². The summed E-state index contributed by atoms with van der Waals surface area (Å²) in [6.07, 6.45) is 0. The summed E-state index contributed by atoms with van der Waals surface area (Å²) in [4.78, 5) is 42.1. The van der Waals surface area contributed by atoms with Crippen LogP contribution in [0.4, 0.5) is 0 Å². The molecule has 152 valence electrons. The number of rotatable bonds is 8. The van der Waals surface area contributed by atoms with Crippen molar-refractivity contribution in [1.82, 2.24) is 15.0 Å². The molecule has 0 aliphatic rings. The lowest BCUT2D eigenvalue weighted by molar-refractivity contribution is 0.0686. The van der Waals surface area contributed by atoms with Crippen LogP contribution in [-0.4, -0.2) is 42.0 Å². The normalized spacial score (nSPS) is 10.8. The Hall–Kier alpha value is -4.15. The van der Waals surface area contributed by atoms with E-state index in [1.54, 1.807) is 0 Å². The number of carboxylic acid groups (broad SMARTS) is 2. The number of aromatic carboxylic acids is 2. The monoisotopic (exact) mass is 432 g/mol. The highest BCUT2D eigenvalue weighted by atomic mass is 31.1. The molecule has 0 amide bonds. The largest absolute Gasteiger partial charge is 0.750 e. The highest BCUT2D eigenvalue weighted by Crippen LogP contribution is 2.27. The van der Waals surface area contributed by atoms with Crippen LogP contribution in [-0.2, 0) is 4.57 Å². The predicted octanol–water partition coefficient (Wildman–Crippen LogP) is 2.88. The van der Waals surface area contributed by atoms with E-state index >= 15 is 0 Å². The van der Waals surface area contributed by atoms with Gasteiger partial charge in [-0.05, 0) is 48.5 Å². The topological polar surface area (TPSA) is 178 Å². The molecule has 0 radical (unpaired) electrons. The van der Waals surface area contributed by atoms with Gasteiger partial charge in [-0.25, -0.2) is 9.59 Å². The fourth-order valence-corrected chi connectivity index (χ4v) is 2.29. The van der Waals surface area contributed by atoms with Crippen LogP contribution in [0.3, 0.4) is 0 Å². The van der Waals surface area contributed by atoms with E-state index in [9.17, 15) is 14.2 Å². The van der Waals surface area contributed by atoms with Crippen LogP contribution in [0.2, 0.25) is 0 Å². The zero-order chi connectivity index (χ0) is 21.7. The highest BCUT2D eigenvalue weighted by molar-refractivity contribution is 7.32. The van der Waals surface area contributed by atoms with E-state index in [-0.39, 0.29) is 34.6 Å². The van der Waals surface area contributed by atoms with Crippen molar-refractivity contribution in [1.29, 1.82) is 0 Å². The molecule has 13 heteroatoms. The third-order valence-electron chi connectivity index (χ3n) is 3.35. The van der Waals surface area contributed by atoms with E-state index in [0.717, 1.165) is 0 Å². The fourth-order valence-electron chi connectivity index (χ4n) is 2.06. The van der Waals surface area contributed by atoms with Crippen molar-refractivity contribution in [3.63, 3.8) is 0 Å². The minimum Gasteiger partial charge on any atom is -0.478 e. The van der Waals surface area contributed by atoms with Gasteiger partial charge in [0.25, 0.3) is 0 Å². The zero-order valence-corrected chi connectivity index (χ0v) is 15.6. The molecule has 12 nitrogen and oxygen atoms in total. The number of carbonyl (C=O) groups is 2. The lowest BCUT2D eigenvalue weighted by Crippen LogP contribution is -2.01. The van der Waals surface area contributed by atoms with E-state index in [4.69, 9.17) is 24.6 Å². The van der Waals surface area contributed by atoms with Crippen molar-refractivity contribution in [2.45, 2.75) is 0 Å². The predicted molar refractivity (Wildman–Crippen MR) is 97.2 cm³/mol. The molecule has 0 saturated heterocycles. The molecule has 1 unspecified atom stereocenters. The Kier molecular flexibility index (Phi) is 6.11. The van der Waals surface area contributed by atoms with Crippen molar-refractivity contribution in [2.24, 2.45) is 0 Å². The second-order valence-corrected chi connectivity index (χ2v) is 6.03. The smallest absolute Gasteiger partial charge is 0.478 e. The summed E-state index contributed by atoms with van der Waals surface area (Å²) in [5.74, 6) is -1.90. The molecule has 0 aliphatic carbocycles. The maximum Gasteiger partial charge on any atom is 0.750 e. The number of nitrogens with zero attached hydrogens (tertiary/aromatic N) is 3. The Balaban J connectivity index is 1.86. The Morgan fingerprint density at radius 1 is 0.700 bits per heavy atom. The van der Waals surface area contributed by atoms with Crippen molar-refractivity contribution < 1.29 is 43.3 Å². The molecule has 1 heterocycles. The summed E-state index contributed by atoms with van der Waals surface area (Å²) in [5.41, 5.74) is 0.0706. The maximum absolute atomic E-state index is 10.9. The SMILES string of the molecule is O=C(O)c1ccc(Oc2nc(Oc3ccc(C(=O)O)cc3)nc(O[P+](=O)O)n2)cc1. The molecule has 3 N–H and O–H groups in total. The molecule has 0 saturated carbocycles. The van der Waals surface area contributed by atoms with Crippen LogP contribution < -0.4 is 14.0 Å². The van der Waals surface area contributed by atoms with Gasteiger partial charge in [0.15, 0.2) is 0 Å². The molecule has 0 bridgehead atoms. The van der Waals surface area contributed by atoms with Crippen LogP contribution >= 0.6 is 8.25 Å². The van der Waals surface area contributed by atoms with Crippen molar-refractivity contribution in [3.05, 3.63) is 59.7 Å². The van der Waals surface area contributed by atoms with Crippen molar-refractivity contribution in [2.75, 3.05) is 0 Å². The second kappa shape index (κ2) is 8.90. The van der Waals surface area contributed by atoms with Gasteiger partial charge >= 0.3 is 38.2 Å². The third-order valence-corrected chi connectivity index (χ3v) is 3.67. The first kappa shape index (κ1) is 20.6. The molecular formula is C17H11N3O9P+. The minimum absolute atomic E-state index is 0.0353. The second-order valence-electron chi connectivity index (χ2n) is 5.38. The molecular weight excluding hydrogens is 421 g/mol. The number of benzene rings is 2. The molecule has 0 fully saturated rings. The average Bonchev–Trinajstić information content (AvgIpc) is 2.68. The van der Waals surface area contributed by atoms with Gasteiger partial charge in [-0.1, -0.05) is 0 Å². The van der Waals surface area contributed by atoms with E-state index in [2.05, 4.69) is 19.5 Å². The summed E-state index contributed by atoms with van der Waals surface area (Å²) < 4.78 is 26.3. The molecule has 0 aliphatic heterocycles. The Bertz CT molecular complexity index is 1030. The van der Waals surface area contributed by atoms with Gasteiger partial charge < -0.3 is 19.7 Å². The number of aromatic nitrogens is 3. The summed E-state index contributed by atoms with van der Waals surface area (Å²) in [7, 11) is -3.09. The number of hydrogen-bond donors (Lipinski definition) is 3. The molecule has 1 aromatic heterocycles. The van der Waals surface area contributed by atoms with E-state index in [1.807, 2.05) is 0 Å². The summed E-state index contributed by atoms with van der Waals surface area (Å²) in [5, 5.41) is 17.8. The van der Waals surface area contributed by atoms with Crippen LogP contribution in [0, 0.1) is 0 Å². The summed E-state index contributed by atoms with van der Waals surface area (Å²) >= 11 is 0. The van der Waals surface area contributed by atoms with Gasteiger partial charge in [0.2, 0.25) is 0 Å². The van der Waals surface area contributed by atoms with Gasteiger partial charge in [-0.3, -0.25) is 0 Å². The summed E-state index contributed by atoms with van der Waals surface area (Å²) in [6.45, 7) is 0. The highest BCUT2D eigenvalue weighted by Gasteiger charge is 2.21. The molecule has 0 spiro atoms. The number of hydrogen-bond acceptors (Lipinski definition) is 9. The van der Waals surface area contributed by atoms with Crippen molar-refractivity contribution >= 4 is 20.2 Å². The maximum atomic E-state index is 10.9. The van der Waals surface area contributed by atoms with Gasteiger partial charge in [-0.2, -0.15) is 4.52 Å². The van der Waals surface area contributed by atoms with Gasteiger partial charge in [-0.15, -0.1) is 19.8 Å². The quantitative estimate of drug-likeness (QED) is 0.444. The molecule has 3 rings (SSSR count). The molecule has 30 heavy (non-hydrogen) atoms. The van der Waals surface area contributed by atoms with Crippen LogP contribution in [0.5, 0.6) is 29.5 Å². The Morgan fingerprint density at radius 3 is 1.40 bits per heavy atom. The molecule has 3 aromatic rings. The zero-order valence-electron chi connectivity index (χ0n) is 14.7. The van der Waals surface area contributed by atoms with Crippen LogP contribution in [0.15, 0.2) is 48.5 Å². The van der Waals surface area contributed by atoms with E-state index < -0.39 is 26.2 Å². The van der Waals surface area contributed by atoms with Gasteiger partial charge in [0.05, 0.1) is 11.1 Å². The minimum atomic E-state index is -3.09. The summed E-state index contributed by atoms with van der Waals surface area (Å²) in [6, 6.07) is 9.29. The molecule has 1 atom stereocenters. The average molecular weight is 432 g/mol. The first-order chi connectivity index (χ1) is 14.3. The Morgan fingerprint density at radius 2 is 1.07 bits per heavy atom. The third kappa shape index (κ3) is 5.44. The van der Waals surface area contributed by atoms with Gasteiger partial charge in [0.1, 0.15) is 11.5 Å². The molecule has 2 aromatic carbocycles. The number of ether oxygens (including phenoxy) is 2. The first-order valence-corrected chi connectivity index (χ1v) is 9.06. The van der Waals surface area contributed by atoms with Crippen molar-refractivity contribution in [3.8, 4) is 29.5 Å². The lowest BCUT2D eigenvalue weighted by atomic mass is 10.2. The lowest BCUT2D eigenvalue weighted by Gasteiger charge is -2.07. The van der Waals surface area contributed by atoms with Gasteiger partial charge in [0, 0.05) is 4.57 Å². The van der Waals surface area contributed by atoms with Crippen LogP contribution in [0.1, 0.15) is 20.7 Å². The van der Waals surface area contributed by atoms with E-state index in [1.165, 1.54) is 48.5 Å². The number of carboxylic acids is 2. The first-order valence-electron chi connectivity index (χ1n) is 7.93. The standard InChI is InChI=1S/C17H10N3O9P/c21-13(22)9-1-5-11(6-2-9)27-15-18-16(20-17(19-15)29-30(25)26)28-12-7-3-10(4-8-12)14(23)24/h1-8H,(H2-,21,22,23,24,25,26)/p+1. The fraction of sp³-hybridized carbons (Fsp3) is 0. The van der Waals surface area contributed by atoms with Crippen LogP contribution in [0.25, 0.3) is 0 Å².